The molecule has 2 unspecified atom stereocenters. The first-order valence-corrected chi connectivity index (χ1v) is 6.16. The zero-order valence-corrected chi connectivity index (χ0v) is 10.7. The van der Waals surface area contributed by atoms with Crippen molar-refractivity contribution in [1.82, 2.24) is 4.98 Å². The molecule has 2 rings (SSSR count). The molecule has 0 aromatic carbocycles. The Hall–Kier alpha value is -1.20. The summed E-state index contributed by atoms with van der Waals surface area (Å²) >= 11 is 4.91. The molecule has 0 aliphatic heterocycles. The van der Waals surface area contributed by atoms with E-state index in [-0.39, 0.29) is 6.10 Å². The number of thiocarbonyl (C=S) groups is 1. The molecule has 3 N–H and O–H groups in total. The number of pyridine rings is 1. The molecule has 0 amide bonds. The topological polar surface area (TPSA) is 60.2 Å². The highest BCUT2D eigenvalue weighted by Gasteiger charge is 2.26. The summed E-state index contributed by atoms with van der Waals surface area (Å²) in [6.07, 6.45) is 5.44. The highest BCUT2D eigenvalue weighted by molar-refractivity contribution is 7.80. The molecule has 1 saturated carbocycles. The Kier molecular flexibility index (Phi) is 3.91. The lowest BCUT2D eigenvalue weighted by Gasteiger charge is -2.20. The van der Waals surface area contributed by atoms with E-state index in [4.69, 9.17) is 22.7 Å². The summed E-state index contributed by atoms with van der Waals surface area (Å²) < 4.78 is 5.45. The first kappa shape index (κ1) is 12.3. The summed E-state index contributed by atoms with van der Waals surface area (Å²) in [4.78, 5) is 4.44. The Morgan fingerprint density at radius 1 is 1.59 bits per heavy atom. The Morgan fingerprint density at radius 3 is 3.12 bits per heavy atom. The van der Waals surface area contributed by atoms with E-state index < -0.39 is 0 Å². The minimum Gasteiger partial charge on any atom is -0.388 e. The van der Waals surface area contributed by atoms with Crippen LogP contribution < -0.4 is 11.1 Å². The zero-order chi connectivity index (χ0) is 12.3. The van der Waals surface area contributed by atoms with Crippen LogP contribution in [0.1, 0.15) is 25.0 Å². The van der Waals surface area contributed by atoms with Crippen molar-refractivity contribution in [2.24, 2.45) is 5.73 Å². The van der Waals surface area contributed by atoms with Crippen molar-refractivity contribution in [3.05, 3.63) is 24.0 Å². The standard InChI is InChI=1S/C12H17N3OS/c1-16-11-4-2-3-9(11)15-8-5-6-14-10(7-8)12(13)17/h5-7,9,11H,2-4H2,1H3,(H2,13,17)(H,14,15). The van der Waals surface area contributed by atoms with Crippen LogP contribution in [0.25, 0.3) is 0 Å². The summed E-state index contributed by atoms with van der Waals surface area (Å²) in [6, 6.07) is 4.17. The molecule has 0 radical (unpaired) electrons. The van der Waals surface area contributed by atoms with Gasteiger partial charge in [0.25, 0.3) is 0 Å². The summed E-state index contributed by atoms with van der Waals surface area (Å²) in [5.41, 5.74) is 7.21. The van der Waals surface area contributed by atoms with Crippen molar-refractivity contribution in [2.45, 2.75) is 31.4 Å². The van der Waals surface area contributed by atoms with Crippen molar-refractivity contribution in [1.29, 1.82) is 0 Å². The molecule has 2 atom stereocenters. The van der Waals surface area contributed by atoms with Crippen LogP contribution in [0.4, 0.5) is 5.69 Å². The fourth-order valence-corrected chi connectivity index (χ4v) is 2.35. The van der Waals surface area contributed by atoms with Crippen molar-refractivity contribution in [3.8, 4) is 0 Å². The molecule has 17 heavy (non-hydrogen) atoms. The quantitative estimate of drug-likeness (QED) is 0.798. The maximum atomic E-state index is 5.56. The van der Waals surface area contributed by atoms with Crippen LogP contribution in [0.3, 0.4) is 0 Å². The van der Waals surface area contributed by atoms with Gasteiger partial charge in [0.2, 0.25) is 0 Å². The van der Waals surface area contributed by atoms with Crippen LogP contribution in [-0.4, -0.2) is 29.2 Å². The monoisotopic (exact) mass is 251 g/mol. The molecule has 1 aromatic heterocycles. The second-order valence-corrected chi connectivity index (χ2v) is 4.69. The van der Waals surface area contributed by atoms with Gasteiger partial charge in [-0.05, 0) is 31.4 Å². The van der Waals surface area contributed by atoms with Gasteiger partial charge >= 0.3 is 0 Å². The molecule has 1 heterocycles. The van der Waals surface area contributed by atoms with Crippen molar-refractivity contribution in [3.63, 3.8) is 0 Å². The fraction of sp³-hybridized carbons (Fsp3) is 0.500. The predicted octanol–water partition coefficient (Wildman–Crippen LogP) is 1.70. The van der Waals surface area contributed by atoms with E-state index in [0.717, 1.165) is 18.5 Å². The maximum Gasteiger partial charge on any atom is 0.122 e. The van der Waals surface area contributed by atoms with E-state index in [1.807, 2.05) is 12.1 Å². The molecule has 1 aromatic rings. The van der Waals surface area contributed by atoms with Gasteiger partial charge < -0.3 is 15.8 Å². The lowest BCUT2D eigenvalue weighted by molar-refractivity contribution is 0.101. The van der Waals surface area contributed by atoms with Crippen LogP contribution in [0.15, 0.2) is 18.3 Å². The van der Waals surface area contributed by atoms with E-state index in [1.54, 1.807) is 13.3 Å². The summed E-state index contributed by atoms with van der Waals surface area (Å²) in [5.74, 6) is 0. The van der Waals surface area contributed by atoms with Crippen molar-refractivity contribution >= 4 is 22.9 Å². The van der Waals surface area contributed by atoms with Crippen LogP contribution in [0.5, 0.6) is 0 Å². The largest absolute Gasteiger partial charge is 0.388 e. The van der Waals surface area contributed by atoms with Gasteiger partial charge in [-0.15, -0.1) is 0 Å². The highest BCUT2D eigenvalue weighted by Crippen LogP contribution is 2.25. The normalized spacial score (nSPS) is 23.6. The van der Waals surface area contributed by atoms with E-state index >= 15 is 0 Å². The Morgan fingerprint density at radius 2 is 2.41 bits per heavy atom. The van der Waals surface area contributed by atoms with Gasteiger partial charge in [0.15, 0.2) is 0 Å². The van der Waals surface area contributed by atoms with Crippen molar-refractivity contribution in [2.75, 3.05) is 12.4 Å². The number of nitrogens with zero attached hydrogens (tertiary/aromatic N) is 1. The van der Waals surface area contributed by atoms with Crippen LogP contribution in [-0.2, 0) is 4.74 Å². The Labute approximate surface area is 107 Å². The Bertz CT molecular complexity index is 410. The number of aromatic nitrogens is 1. The summed E-state index contributed by atoms with van der Waals surface area (Å²) in [7, 11) is 1.76. The van der Waals surface area contributed by atoms with Crippen molar-refractivity contribution < 1.29 is 4.74 Å². The molecule has 1 fully saturated rings. The number of anilines is 1. The summed E-state index contributed by atoms with van der Waals surface area (Å²) in [5, 5.41) is 3.46. The third-order valence-electron chi connectivity index (χ3n) is 3.12. The van der Waals surface area contributed by atoms with Crippen LogP contribution >= 0.6 is 12.2 Å². The van der Waals surface area contributed by atoms with E-state index in [1.165, 1.54) is 6.42 Å². The molecular weight excluding hydrogens is 234 g/mol. The number of ether oxygens (including phenoxy) is 1. The highest BCUT2D eigenvalue weighted by atomic mass is 32.1. The molecule has 1 aliphatic rings. The predicted molar refractivity (Wildman–Crippen MR) is 72.2 cm³/mol. The second kappa shape index (κ2) is 5.42. The average molecular weight is 251 g/mol. The SMILES string of the molecule is COC1CCCC1Nc1ccnc(C(N)=S)c1. The first-order valence-electron chi connectivity index (χ1n) is 5.76. The number of nitrogens with one attached hydrogen (secondary N) is 1. The second-order valence-electron chi connectivity index (χ2n) is 4.25. The molecule has 4 nitrogen and oxygen atoms in total. The number of hydrogen-bond acceptors (Lipinski definition) is 4. The number of methoxy groups -OCH3 is 1. The van der Waals surface area contributed by atoms with Gasteiger partial charge in [-0.3, -0.25) is 4.98 Å². The molecule has 0 spiro atoms. The molecule has 92 valence electrons. The van der Waals surface area contributed by atoms with Crippen LogP contribution in [0.2, 0.25) is 0 Å². The molecule has 0 saturated heterocycles. The third-order valence-corrected chi connectivity index (χ3v) is 3.33. The van der Waals surface area contributed by atoms with Gasteiger partial charge in [0.05, 0.1) is 17.8 Å². The number of hydrogen-bond donors (Lipinski definition) is 2. The molecular formula is C12H17N3OS. The Balaban J connectivity index is 2.07. The maximum absolute atomic E-state index is 5.56. The lowest BCUT2D eigenvalue weighted by Crippen LogP contribution is -2.29. The number of nitrogens with two attached hydrogens (primary N) is 1. The zero-order valence-electron chi connectivity index (χ0n) is 9.85. The summed E-state index contributed by atoms with van der Waals surface area (Å²) in [6.45, 7) is 0. The third kappa shape index (κ3) is 2.92. The average Bonchev–Trinajstić information content (AvgIpc) is 2.76. The van der Waals surface area contributed by atoms with Gasteiger partial charge in [-0.2, -0.15) is 0 Å². The fourth-order valence-electron chi connectivity index (χ4n) is 2.24. The van der Waals surface area contributed by atoms with Crippen LogP contribution in [0, 0.1) is 0 Å². The molecule has 1 aliphatic carbocycles. The van der Waals surface area contributed by atoms with Gasteiger partial charge in [-0.25, -0.2) is 0 Å². The van der Waals surface area contributed by atoms with Gasteiger partial charge in [0, 0.05) is 19.0 Å². The lowest BCUT2D eigenvalue weighted by atomic mass is 10.2. The van der Waals surface area contributed by atoms with E-state index in [9.17, 15) is 0 Å². The van der Waals surface area contributed by atoms with Gasteiger partial charge in [0.1, 0.15) is 4.99 Å². The van der Waals surface area contributed by atoms with E-state index in [2.05, 4.69) is 10.3 Å². The molecule has 0 bridgehead atoms. The minimum absolute atomic E-state index is 0.288. The van der Waals surface area contributed by atoms with Gasteiger partial charge in [-0.1, -0.05) is 12.2 Å². The minimum atomic E-state index is 0.288. The van der Waals surface area contributed by atoms with E-state index in [0.29, 0.717) is 16.7 Å². The number of rotatable bonds is 4. The first-order chi connectivity index (χ1) is 8.20. The molecule has 5 heteroatoms. The smallest absolute Gasteiger partial charge is 0.122 e.